The highest BCUT2D eigenvalue weighted by molar-refractivity contribution is 7.89. The number of nitrogens with one attached hydrogen (secondary N) is 2. The fraction of sp³-hybridized carbons (Fsp3) is 0.667. The van der Waals surface area contributed by atoms with Crippen molar-refractivity contribution < 1.29 is 12.8 Å². The average Bonchev–Trinajstić information content (AvgIpc) is 2.66. The zero-order valence-corrected chi connectivity index (χ0v) is 12.2. The van der Waals surface area contributed by atoms with Crippen molar-refractivity contribution in [3.05, 3.63) is 17.6 Å². The minimum atomic E-state index is -3.46. The van der Waals surface area contributed by atoms with Gasteiger partial charge in [-0.2, -0.15) is 0 Å². The Balaban J connectivity index is 2.84. The van der Waals surface area contributed by atoms with Gasteiger partial charge in [-0.1, -0.05) is 20.8 Å². The van der Waals surface area contributed by atoms with Crippen LogP contribution < -0.4 is 10.0 Å². The molecule has 104 valence electrons. The first-order chi connectivity index (χ1) is 8.36. The fourth-order valence-electron chi connectivity index (χ4n) is 1.48. The maximum absolute atomic E-state index is 12.1. The summed E-state index contributed by atoms with van der Waals surface area (Å²) in [6.07, 6.45) is 0. The van der Waals surface area contributed by atoms with Crippen molar-refractivity contribution >= 4 is 10.0 Å². The molecule has 1 aromatic rings. The third kappa shape index (κ3) is 4.12. The zero-order chi connectivity index (χ0) is 13.8. The van der Waals surface area contributed by atoms with Gasteiger partial charge >= 0.3 is 0 Å². The molecule has 0 unspecified atom stereocenters. The van der Waals surface area contributed by atoms with Crippen molar-refractivity contribution in [2.75, 3.05) is 13.1 Å². The summed E-state index contributed by atoms with van der Waals surface area (Å²) in [5.41, 5.74) is 0. The van der Waals surface area contributed by atoms with Gasteiger partial charge in [0, 0.05) is 12.6 Å². The number of hydrogen-bond donors (Lipinski definition) is 2. The molecule has 0 spiro atoms. The predicted molar refractivity (Wildman–Crippen MR) is 70.9 cm³/mol. The van der Waals surface area contributed by atoms with Crippen LogP contribution in [0.25, 0.3) is 0 Å². The second-order valence-corrected chi connectivity index (χ2v) is 6.39. The molecular formula is C12H22N2O3S. The summed E-state index contributed by atoms with van der Waals surface area (Å²) in [6, 6.07) is 1.58. The second kappa shape index (κ2) is 6.36. The fourth-order valence-corrected chi connectivity index (χ4v) is 2.90. The van der Waals surface area contributed by atoms with Crippen LogP contribution in [0.15, 0.2) is 15.4 Å². The van der Waals surface area contributed by atoms with Gasteiger partial charge < -0.3 is 9.73 Å². The standard InChI is InChI=1S/C12H22N2O3S/c1-5-13-8-11-6-12(10(4)17-11)18(15,16)14-7-9(2)3/h6,9,13-14H,5,7-8H2,1-4H3. The minimum Gasteiger partial charge on any atom is -0.464 e. The largest absolute Gasteiger partial charge is 0.464 e. The van der Waals surface area contributed by atoms with E-state index in [4.69, 9.17) is 4.42 Å². The van der Waals surface area contributed by atoms with Gasteiger partial charge in [-0.15, -0.1) is 0 Å². The lowest BCUT2D eigenvalue weighted by molar-refractivity contribution is 0.460. The molecule has 1 aromatic heterocycles. The van der Waals surface area contributed by atoms with Crippen LogP contribution in [-0.2, 0) is 16.6 Å². The summed E-state index contributed by atoms with van der Waals surface area (Å²) in [4.78, 5) is 0.232. The van der Waals surface area contributed by atoms with Crippen molar-refractivity contribution in [1.82, 2.24) is 10.0 Å². The Morgan fingerprint density at radius 3 is 2.61 bits per heavy atom. The van der Waals surface area contributed by atoms with Crippen molar-refractivity contribution in [1.29, 1.82) is 0 Å². The lowest BCUT2D eigenvalue weighted by Crippen LogP contribution is -2.27. The van der Waals surface area contributed by atoms with E-state index in [0.717, 1.165) is 6.54 Å². The minimum absolute atomic E-state index is 0.232. The molecule has 0 fully saturated rings. The molecule has 0 radical (unpaired) electrons. The number of rotatable bonds is 7. The van der Waals surface area contributed by atoms with Crippen molar-refractivity contribution in [3.63, 3.8) is 0 Å². The van der Waals surface area contributed by atoms with Gasteiger partial charge in [0.1, 0.15) is 16.4 Å². The van der Waals surface area contributed by atoms with Gasteiger partial charge in [0.05, 0.1) is 6.54 Å². The molecule has 5 nitrogen and oxygen atoms in total. The first kappa shape index (κ1) is 15.2. The average molecular weight is 274 g/mol. The molecule has 0 aromatic carbocycles. The molecule has 0 aliphatic rings. The van der Waals surface area contributed by atoms with Gasteiger partial charge in [0.15, 0.2) is 0 Å². The van der Waals surface area contributed by atoms with Crippen LogP contribution in [0.2, 0.25) is 0 Å². The maximum atomic E-state index is 12.1. The molecular weight excluding hydrogens is 252 g/mol. The molecule has 0 saturated heterocycles. The van der Waals surface area contributed by atoms with E-state index in [9.17, 15) is 8.42 Å². The summed E-state index contributed by atoms with van der Waals surface area (Å²) in [7, 11) is -3.46. The van der Waals surface area contributed by atoms with Crippen molar-refractivity contribution in [2.24, 2.45) is 5.92 Å². The predicted octanol–water partition coefficient (Wildman–Crippen LogP) is 1.63. The highest BCUT2D eigenvalue weighted by Crippen LogP contribution is 2.19. The lowest BCUT2D eigenvalue weighted by Gasteiger charge is -2.07. The smallest absolute Gasteiger partial charge is 0.244 e. The van der Waals surface area contributed by atoms with Crippen molar-refractivity contribution in [2.45, 2.75) is 39.1 Å². The molecule has 0 bridgehead atoms. The molecule has 1 rings (SSSR count). The van der Waals surface area contributed by atoms with E-state index < -0.39 is 10.0 Å². The Bertz CT molecular complexity index is 478. The Morgan fingerprint density at radius 1 is 1.39 bits per heavy atom. The highest BCUT2D eigenvalue weighted by Gasteiger charge is 2.21. The quantitative estimate of drug-likeness (QED) is 0.793. The first-order valence-corrected chi connectivity index (χ1v) is 7.64. The molecule has 6 heteroatoms. The van der Waals surface area contributed by atoms with E-state index in [1.807, 2.05) is 20.8 Å². The summed E-state index contributed by atoms with van der Waals surface area (Å²) in [5, 5.41) is 3.10. The van der Waals surface area contributed by atoms with Crippen LogP contribution >= 0.6 is 0 Å². The van der Waals surface area contributed by atoms with E-state index in [1.165, 1.54) is 0 Å². The van der Waals surface area contributed by atoms with Crippen LogP contribution in [0, 0.1) is 12.8 Å². The molecule has 0 saturated carbocycles. The van der Waals surface area contributed by atoms with Crippen LogP contribution in [0.3, 0.4) is 0 Å². The van der Waals surface area contributed by atoms with Gasteiger partial charge in [0.25, 0.3) is 0 Å². The number of hydrogen-bond acceptors (Lipinski definition) is 4. The topological polar surface area (TPSA) is 71.3 Å². The van der Waals surface area contributed by atoms with E-state index in [1.54, 1.807) is 13.0 Å². The monoisotopic (exact) mass is 274 g/mol. The SMILES string of the molecule is CCNCc1cc(S(=O)(=O)NCC(C)C)c(C)o1. The van der Waals surface area contributed by atoms with Gasteiger partial charge in [-0.25, -0.2) is 13.1 Å². The van der Waals surface area contributed by atoms with Gasteiger partial charge in [-0.05, 0) is 19.4 Å². The maximum Gasteiger partial charge on any atom is 0.244 e. The number of furan rings is 1. The molecule has 0 atom stereocenters. The van der Waals surface area contributed by atoms with E-state index >= 15 is 0 Å². The number of aryl methyl sites for hydroxylation is 1. The molecule has 0 aliphatic heterocycles. The Morgan fingerprint density at radius 2 is 2.06 bits per heavy atom. The molecule has 1 heterocycles. The van der Waals surface area contributed by atoms with Crippen LogP contribution in [-0.4, -0.2) is 21.5 Å². The third-order valence-electron chi connectivity index (χ3n) is 2.44. The Hall–Kier alpha value is -0.850. The molecule has 0 aliphatic carbocycles. The van der Waals surface area contributed by atoms with Crippen LogP contribution in [0.1, 0.15) is 32.3 Å². The van der Waals surface area contributed by atoms with Gasteiger partial charge in [-0.3, -0.25) is 0 Å². The summed E-state index contributed by atoms with van der Waals surface area (Å²) in [6.45, 7) is 9.35. The first-order valence-electron chi connectivity index (χ1n) is 6.16. The molecule has 18 heavy (non-hydrogen) atoms. The highest BCUT2D eigenvalue weighted by atomic mass is 32.2. The van der Waals surface area contributed by atoms with E-state index in [2.05, 4.69) is 10.0 Å². The molecule has 2 N–H and O–H groups in total. The van der Waals surface area contributed by atoms with Crippen LogP contribution in [0.4, 0.5) is 0 Å². The van der Waals surface area contributed by atoms with E-state index in [-0.39, 0.29) is 10.8 Å². The number of sulfonamides is 1. The Labute approximate surface area is 109 Å². The summed E-state index contributed by atoms with van der Waals surface area (Å²) < 4.78 is 32.1. The summed E-state index contributed by atoms with van der Waals surface area (Å²) >= 11 is 0. The van der Waals surface area contributed by atoms with Gasteiger partial charge in [0.2, 0.25) is 10.0 Å². The molecule has 0 amide bonds. The van der Waals surface area contributed by atoms with Crippen molar-refractivity contribution in [3.8, 4) is 0 Å². The summed E-state index contributed by atoms with van der Waals surface area (Å²) in [5.74, 6) is 1.34. The van der Waals surface area contributed by atoms with Crippen LogP contribution in [0.5, 0.6) is 0 Å². The normalized spacial score (nSPS) is 12.3. The zero-order valence-electron chi connectivity index (χ0n) is 11.4. The lowest BCUT2D eigenvalue weighted by atomic mass is 10.2. The Kier molecular flexibility index (Phi) is 5.37. The second-order valence-electron chi connectivity index (χ2n) is 4.66. The van der Waals surface area contributed by atoms with E-state index in [0.29, 0.717) is 24.6 Å². The third-order valence-corrected chi connectivity index (χ3v) is 3.97.